The highest BCUT2D eigenvalue weighted by Crippen LogP contribution is 2.15. The molecule has 0 saturated heterocycles. The van der Waals surface area contributed by atoms with Crippen LogP contribution >= 0.6 is 0 Å². The third-order valence-electron chi connectivity index (χ3n) is 2.86. The van der Waals surface area contributed by atoms with Gasteiger partial charge in [-0.3, -0.25) is 0 Å². The minimum absolute atomic E-state index is 0.216. The first kappa shape index (κ1) is 14.2. The molecule has 0 saturated carbocycles. The molecule has 2 unspecified atom stereocenters. The zero-order chi connectivity index (χ0) is 12.7. The molecule has 0 aliphatic rings. The zero-order valence-electron chi connectivity index (χ0n) is 11.1. The lowest BCUT2D eigenvalue weighted by atomic mass is 9.98. The summed E-state index contributed by atoms with van der Waals surface area (Å²) < 4.78 is 5.80. The van der Waals surface area contributed by atoms with E-state index in [1.54, 1.807) is 0 Å². The van der Waals surface area contributed by atoms with Gasteiger partial charge < -0.3 is 9.84 Å². The Hall–Kier alpha value is -0.860. The van der Waals surface area contributed by atoms with Crippen LogP contribution in [-0.2, 0) is 11.3 Å². The monoisotopic (exact) mass is 236 g/mol. The highest BCUT2D eigenvalue weighted by molar-refractivity contribution is 5.13. The molecule has 17 heavy (non-hydrogen) atoms. The van der Waals surface area contributed by atoms with Crippen molar-refractivity contribution >= 4 is 0 Å². The SMILES string of the molecule is CC(O)C[C@@H](C)CC(C)OCc1ccccc1. The highest BCUT2D eigenvalue weighted by Gasteiger charge is 2.11. The molecule has 0 aliphatic carbocycles. The minimum Gasteiger partial charge on any atom is -0.393 e. The summed E-state index contributed by atoms with van der Waals surface area (Å²) in [4.78, 5) is 0. The molecule has 0 spiro atoms. The molecule has 96 valence electrons. The van der Waals surface area contributed by atoms with E-state index in [2.05, 4.69) is 26.0 Å². The molecule has 0 amide bonds. The van der Waals surface area contributed by atoms with E-state index in [0.29, 0.717) is 12.5 Å². The van der Waals surface area contributed by atoms with Gasteiger partial charge in [-0.1, -0.05) is 37.3 Å². The summed E-state index contributed by atoms with van der Waals surface area (Å²) in [6, 6.07) is 10.2. The van der Waals surface area contributed by atoms with Gasteiger partial charge in [0.15, 0.2) is 0 Å². The lowest BCUT2D eigenvalue weighted by molar-refractivity contribution is 0.0326. The van der Waals surface area contributed by atoms with Crippen LogP contribution in [0, 0.1) is 5.92 Å². The molecule has 2 heteroatoms. The van der Waals surface area contributed by atoms with Crippen LogP contribution in [0.4, 0.5) is 0 Å². The van der Waals surface area contributed by atoms with Crippen molar-refractivity contribution in [3.05, 3.63) is 35.9 Å². The van der Waals surface area contributed by atoms with E-state index in [1.807, 2.05) is 25.1 Å². The average molecular weight is 236 g/mol. The summed E-state index contributed by atoms with van der Waals surface area (Å²) in [5, 5.41) is 9.30. The van der Waals surface area contributed by atoms with Crippen LogP contribution in [0.5, 0.6) is 0 Å². The van der Waals surface area contributed by atoms with Crippen LogP contribution in [0.15, 0.2) is 30.3 Å². The fraction of sp³-hybridized carbons (Fsp3) is 0.600. The van der Waals surface area contributed by atoms with E-state index in [1.165, 1.54) is 5.56 Å². The Morgan fingerprint density at radius 3 is 2.29 bits per heavy atom. The Bertz CT molecular complexity index is 295. The first-order valence-corrected chi connectivity index (χ1v) is 6.41. The normalized spacial score (nSPS) is 16.5. The van der Waals surface area contributed by atoms with Gasteiger partial charge in [0.1, 0.15) is 0 Å². The van der Waals surface area contributed by atoms with E-state index < -0.39 is 0 Å². The van der Waals surface area contributed by atoms with E-state index >= 15 is 0 Å². The predicted octanol–water partition coefficient (Wildman–Crippen LogP) is 3.39. The molecule has 2 nitrogen and oxygen atoms in total. The standard InChI is InChI=1S/C15H24O2/c1-12(9-13(2)16)10-14(3)17-11-15-7-5-4-6-8-15/h4-8,12-14,16H,9-11H2,1-3H3/t12-,13?,14?/m1/s1. The fourth-order valence-electron chi connectivity index (χ4n) is 2.13. The van der Waals surface area contributed by atoms with Crippen LogP contribution in [0.2, 0.25) is 0 Å². The Morgan fingerprint density at radius 1 is 1.06 bits per heavy atom. The molecule has 0 bridgehead atoms. The molecule has 0 heterocycles. The summed E-state index contributed by atoms with van der Waals surface area (Å²) in [5.74, 6) is 0.501. The number of benzene rings is 1. The minimum atomic E-state index is -0.216. The van der Waals surface area contributed by atoms with Crippen LogP contribution in [-0.4, -0.2) is 17.3 Å². The van der Waals surface area contributed by atoms with Crippen molar-refractivity contribution in [2.75, 3.05) is 0 Å². The molecular formula is C15H24O2. The molecular weight excluding hydrogens is 212 g/mol. The maximum absolute atomic E-state index is 9.30. The highest BCUT2D eigenvalue weighted by atomic mass is 16.5. The Morgan fingerprint density at radius 2 is 1.71 bits per heavy atom. The number of rotatable bonds is 7. The van der Waals surface area contributed by atoms with Crippen molar-refractivity contribution in [3.63, 3.8) is 0 Å². The average Bonchev–Trinajstić information content (AvgIpc) is 2.26. The van der Waals surface area contributed by atoms with Gasteiger partial charge in [0.25, 0.3) is 0 Å². The number of hydrogen-bond donors (Lipinski definition) is 1. The van der Waals surface area contributed by atoms with Gasteiger partial charge in [0.2, 0.25) is 0 Å². The maximum atomic E-state index is 9.30. The molecule has 0 fully saturated rings. The topological polar surface area (TPSA) is 29.5 Å². The molecule has 1 rings (SSSR count). The van der Waals surface area contributed by atoms with Gasteiger partial charge in [-0.2, -0.15) is 0 Å². The summed E-state index contributed by atoms with van der Waals surface area (Å²) in [6.45, 7) is 6.77. The van der Waals surface area contributed by atoms with E-state index in [4.69, 9.17) is 4.74 Å². The van der Waals surface area contributed by atoms with Gasteiger partial charge in [0.05, 0.1) is 18.8 Å². The van der Waals surface area contributed by atoms with Gasteiger partial charge in [-0.15, -0.1) is 0 Å². The number of aliphatic hydroxyl groups excluding tert-OH is 1. The third-order valence-corrected chi connectivity index (χ3v) is 2.86. The molecule has 0 aliphatic heterocycles. The van der Waals surface area contributed by atoms with Crippen molar-refractivity contribution in [2.24, 2.45) is 5.92 Å². The van der Waals surface area contributed by atoms with Gasteiger partial charge in [-0.05, 0) is 38.2 Å². The number of hydrogen-bond acceptors (Lipinski definition) is 2. The second kappa shape index (κ2) is 7.46. The second-order valence-corrected chi connectivity index (χ2v) is 5.03. The van der Waals surface area contributed by atoms with Gasteiger partial charge in [-0.25, -0.2) is 0 Å². The first-order valence-electron chi connectivity index (χ1n) is 6.41. The Kier molecular flexibility index (Phi) is 6.23. The summed E-state index contributed by atoms with van der Waals surface area (Å²) in [5.41, 5.74) is 1.21. The van der Waals surface area contributed by atoms with E-state index in [-0.39, 0.29) is 12.2 Å². The van der Waals surface area contributed by atoms with Crippen LogP contribution in [0.3, 0.4) is 0 Å². The van der Waals surface area contributed by atoms with Crippen molar-refractivity contribution < 1.29 is 9.84 Å². The second-order valence-electron chi connectivity index (χ2n) is 5.03. The molecule has 0 radical (unpaired) electrons. The molecule has 0 aromatic heterocycles. The van der Waals surface area contributed by atoms with E-state index in [9.17, 15) is 5.11 Å². The third kappa shape index (κ3) is 6.44. The maximum Gasteiger partial charge on any atom is 0.0720 e. The van der Waals surface area contributed by atoms with Crippen molar-refractivity contribution in [1.82, 2.24) is 0 Å². The summed E-state index contributed by atoms with van der Waals surface area (Å²) >= 11 is 0. The molecule has 1 aromatic carbocycles. The number of ether oxygens (including phenoxy) is 1. The first-order chi connectivity index (χ1) is 8.08. The molecule has 1 N–H and O–H groups in total. The predicted molar refractivity (Wildman–Crippen MR) is 70.8 cm³/mol. The fourth-order valence-corrected chi connectivity index (χ4v) is 2.13. The van der Waals surface area contributed by atoms with Gasteiger partial charge >= 0.3 is 0 Å². The summed E-state index contributed by atoms with van der Waals surface area (Å²) in [6.07, 6.45) is 1.87. The largest absolute Gasteiger partial charge is 0.393 e. The van der Waals surface area contributed by atoms with Crippen LogP contribution < -0.4 is 0 Å². The zero-order valence-corrected chi connectivity index (χ0v) is 11.1. The van der Waals surface area contributed by atoms with E-state index in [0.717, 1.165) is 12.8 Å². The quantitative estimate of drug-likeness (QED) is 0.786. The number of aliphatic hydroxyl groups is 1. The lowest BCUT2D eigenvalue weighted by Gasteiger charge is -2.19. The molecule has 1 aromatic rings. The van der Waals surface area contributed by atoms with Crippen LogP contribution in [0.25, 0.3) is 0 Å². The Labute approximate surface area is 105 Å². The summed E-state index contributed by atoms with van der Waals surface area (Å²) in [7, 11) is 0. The Balaban J connectivity index is 2.23. The lowest BCUT2D eigenvalue weighted by Crippen LogP contribution is -2.15. The van der Waals surface area contributed by atoms with Crippen molar-refractivity contribution in [3.8, 4) is 0 Å². The smallest absolute Gasteiger partial charge is 0.0720 e. The van der Waals surface area contributed by atoms with Gasteiger partial charge in [0, 0.05) is 0 Å². The van der Waals surface area contributed by atoms with Crippen molar-refractivity contribution in [1.29, 1.82) is 0 Å². The van der Waals surface area contributed by atoms with Crippen molar-refractivity contribution in [2.45, 2.75) is 52.4 Å². The van der Waals surface area contributed by atoms with Crippen LogP contribution in [0.1, 0.15) is 39.2 Å². The molecule has 3 atom stereocenters.